The fraction of sp³-hybridized carbons (Fsp3) is 0.500. The minimum atomic E-state index is -0.303. The molecule has 5 heteroatoms. The van der Waals surface area contributed by atoms with E-state index in [2.05, 4.69) is 0 Å². The summed E-state index contributed by atoms with van der Waals surface area (Å²) in [6.45, 7) is 3.55. The van der Waals surface area contributed by atoms with Crippen molar-refractivity contribution >= 4 is 17.5 Å². The Kier molecular flexibility index (Phi) is 4.03. The van der Waals surface area contributed by atoms with Crippen molar-refractivity contribution in [3.63, 3.8) is 0 Å². The van der Waals surface area contributed by atoms with Crippen LogP contribution in [-0.2, 0) is 14.3 Å². The summed E-state index contributed by atoms with van der Waals surface area (Å²) < 4.78 is 5.56. The molecule has 2 aliphatic rings. The summed E-state index contributed by atoms with van der Waals surface area (Å²) in [6.07, 6.45) is 2.64. The number of nitrogens with two attached hydrogens (primary N) is 1. The molecular weight excluding hydrogens is 268 g/mol. The first-order chi connectivity index (χ1) is 10.1. The highest BCUT2D eigenvalue weighted by atomic mass is 16.5. The van der Waals surface area contributed by atoms with Crippen molar-refractivity contribution in [2.45, 2.75) is 38.3 Å². The number of carbonyl (C=O) groups is 2. The van der Waals surface area contributed by atoms with Crippen LogP contribution in [0.2, 0.25) is 0 Å². The van der Waals surface area contributed by atoms with Crippen LogP contribution < -0.4 is 10.2 Å². The van der Waals surface area contributed by atoms with E-state index in [1.54, 1.807) is 0 Å². The zero-order valence-corrected chi connectivity index (χ0v) is 12.2. The maximum Gasteiger partial charge on any atom is 0.292 e. The van der Waals surface area contributed by atoms with Gasteiger partial charge in [-0.1, -0.05) is 17.7 Å². The van der Waals surface area contributed by atoms with E-state index in [9.17, 15) is 9.59 Å². The van der Waals surface area contributed by atoms with Gasteiger partial charge in [0.1, 0.15) is 12.6 Å². The fourth-order valence-electron chi connectivity index (χ4n) is 2.95. The predicted molar refractivity (Wildman–Crippen MR) is 77.8 cm³/mol. The largest absolute Gasteiger partial charge is 0.372 e. The lowest BCUT2D eigenvalue weighted by Gasteiger charge is -2.15. The van der Waals surface area contributed by atoms with E-state index in [0.717, 1.165) is 31.6 Å². The van der Waals surface area contributed by atoms with Crippen LogP contribution in [0.1, 0.15) is 24.8 Å². The van der Waals surface area contributed by atoms with Crippen LogP contribution in [0.5, 0.6) is 0 Å². The molecule has 2 heterocycles. The lowest BCUT2D eigenvalue weighted by molar-refractivity contribution is -0.680. The van der Waals surface area contributed by atoms with Crippen LogP contribution in [0.25, 0.3) is 0 Å². The van der Waals surface area contributed by atoms with Crippen molar-refractivity contribution in [3.8, 4) is 0 Å². The van der Waals surface area contributed by atoms with Crippen molar-refractivity contribution in [3.05, 3.63) is 29.8 Å². The van der Waals surface area contributed by atoms with E-state index in [-0.39, 0.29) is 30.4 Å². The van der Waals surface area contributed by atoms with Gasteiger partial charge in [-0.15, -0.1) is 0 Å². The normalized spacial score (nSPS) is 25.9. The Balaban J connectivity index is 1.65. The molecule has 112 valence electrons. The van der Waals surface area contributed by atoms with Gasteiger partial charge in [-0.2, -0.15) is 0 Å². The van der Waals surface area contributed by atoms with E-state index in [1.165, 1.54) is 4.90 Å². The van der Waals surface area contributed by atoms with E-state index in [1.807, 2.05) is 36.5 Å². The molecule has 2 aliphatic heterocycles. The van der Waals surface area contributed by atoms with Gasteiger partial charge in [-0.3, -0.25) is 9.59 Å². The van der Waals surface area contributed by atoms with Crippen molar-refractivity contribution in [2.75, 3.05) is 18.1 Å². The molecule has 0 unspecified atom stereocenters. The number of ether oxygens (including phenoxy) is 1. The number of aryl methyl sites for hydroxylation is 1. The number of nitrogens with zero attached hydrogens (tertiary/aromatic N) is 1. The van der Waals surface area contributed by atoms with Gasteiger partial charge in [0.15, 0.2) is 6.04 Å². The number of hydrogen-bond donors (Lipinski definition) is 1. The van der Waals surface area contributed by atoms with Crippen LogP contribution in [0.3, 0.4) is 0 Å². The molecule has 2 amide bonds. The lowest BCUT2D eigenvalue weighted by Crippen LogP contribution is -2.93. The van der Waals surface area contributed by atoms with E-state index < -0.39 is 0 Å². The standard InChI is InChI=1S/C16H20N2O3/c1-11-4-6-12(7-5-11)18-15(19)9-14(16(18)20)17-10-13-3-2-8-21-13/h4-7,13-14,17H,2-3,8-10H2,1H3/p+1/t13-,14+/m1/s1. The van der Waals surface area contributed by atoms with E-state index in [4.69, 9.17) is 4.74 Å². The molecule has 2 fully saturated rings. The highest BCUT2D eigenvalue weighted by Gasteiger charge is 2.42. The van der Waals surface area contributed by atoms with E-state index >= 15 is 0 Å². The summed E-state index contributed by atoms with van der Waals surface area (Å²) in [4.78, 5) is 25.9. The average Bonchev–Trinajstić information content (AvgIpc) is 3.07. The van der Waals surface area contributed by atoms with Crippen LogP contribution in [-0.4, -0.2) is 37.1 Å². The summed E-state index contributed by atoms with van der Waals surface area (Å²) in [7, 11) is 0. The molecule has 5 nitrogen and oxygen atoms in total. The number of imide groups is 1. The Labute approximate surface area is 124 Å². The topological polar surface area (TPSA) is 63.2 Å². The number of hydrogen-bond acceptors (Lipinski definition) is 3. The molecule has 0 saturated carbocycles. The van der Waals surface area contributed by atoms with Gasteiger partial charge < -0.3 is 10.1 Å². The first-order valence-corrected chi connectivity index (χ1v) is 7.53. The maximum atomic E-state index is 12.4. The average molecular weight is 289 g/mol. The number of amides is 2. The Morgan fingerprint density at radius 1 is 1.29 bits per heavy atom. The lowest BCUT2D eigenvalue weighted by atomic mass is 10.2. The van der Waals surface area contributed by atoms with Crippen molar-refractivity contribution in [1.29, 1.82) is 0 Å². The number of quaternary nitrogens is 1. The summed E-state index contributed by atoms with van der Waals surface area (Å²) >= 11 is 0. The van der Waals surface area contributed by atoms with Crippen LogP contribution >= 0.6 is 0 Å². The Morgan fingerprint density at radius 2 is 2.05 bits per heavy atom. The van der Waals surface area contributed by atoms with Gasteiger partial charge in [0.05, 0.1) is 12.1 Å². The summed E-state index contributed by atoms with van der Waals surface area (Å²) in [5, 5.41) is 1.96. The quantitative estimate of drug-likeness (QED) is 0.815. The van der Waals surface area contributed by atoms with Crippen molar-refractivity contribution in [1.82, 2.24) is 0 Å². The molecular formula is C16H21N2O3+. The van der Waals surface area contributed by atoms with Gasteiger partial charge >= 0.3 is 0 Å². The monoisotopic (exact) mass is 289 g/mol. The number of anilines is 1. The van der Waals surface area contributed by atoms with E-state index in [0.29, 0.717) is 5.69 Å². The number of rotatable bonds is 4. The van der Waals surface area contributed by atoms with Gasteiger partial charge in [-0.05, 0) is 31.9 Å². The molecule has 1 aromatic carbocycles. The molecule has 3 rings (SSSR count). The highest BCUT2D eigenvalue weighted by Crippen LogP contribution is 2.22. The summed E-state index contributed by atoms with van der Waals surface area (Å²) in [5.41, 5.74) is 1.78. The van der Waals surface area contributed by atoms with Gasteiger partial charge in [-0.25, -0.2) is 4.90 Å². The van der Waals surface area contributed by atoms with Crippen LogP contribution in [0.4, 0.5) is 5.69 Å². The first kappa shape index (κ1) is 14.2. The SMILES string of the molecule is Cc1ccc(N2C(=O)C[C@H]([NH2+]C[C@H]3CCCO3)C2=O)cc1. The summed E-state index contributed by atoms with van der Waals surface area (Å²) in [6, 6.07) is 7.18. The molecule has 0 spiro atoms. The van der Waals surface area contributed by atoms with Gasteiger partial charge in [0.25, 0.3) is 5.91 Å². The number of carbonyl (C=O) groups excluding carboxylic acids is 2. The molecule has 0 radical (unpaired) electrons. The number of benzene rings is 1. The molecule has 1 aromatic rings. The molecule has 0 aliphatic carbocycles. The second kappa shape index (κ2) is 5.95. The first-order valence-electron chi connectivity index (χ1n) is 7.53. The molecule has 0 bridgehead atoms. The van der Waals surface area contributed by atoms with Crippen LogP contribution in [0.15, 0.2) is 24.3 Å². The third-order valence-electron chi connectivity index (χ3n) is 4.18. The molecule has 2 saturated heterocycles. The van der Waals surface area contributed by atoms with Crippen molar-refractivity contribution in [2.24, 2.45) is 0 Å². The highest BCUT2D eigenvalue weighted by molar-refractivity contribution is 6.21. The zero-order valence-electron chi connectivity index (χ0n) is 12.2. The van der Waals surface area contributed by atoms with Crippen LogP contribution in [0, 0.1) is 6.92 Å². The summed E-state index contributed by atoms with van der Waals surface area (Å²) in [5.74, 6) is -0.223. The fourth-order valence-corrected chi connectivity index (χ4v) is 2.95. The maximum absolute atomic E-state index is 12.4. The molecule has 21 heavy (non-hydrogen) atoms. The van der Waals surface area contributed by atoms with Gasteiger partial charge in [0.2, 0.25) is 5.91 Å². The Morgan fingerprint density at radius 3 is 2.71 bits per heavy atom. The predicted octanol–water partition coefficient (Wildman–Crippen LogP) is 0.369. The second-order valence-electron chi connectivity index (χ2n) is 5.82. The minimum Gasteiger partial charge on any atom is -0.372 e. The van der Waals surface area contributed by atoms with Crippen molar-refractivity contribution < 1.29 is 19.6 Å². The third kappa shape index (κ3) is 2.99. The van der Waals surface area contributed by atoms with Gasteiger partial charge in [0, 0.05) is 6.61 Å². The Hall–Kier alpha value is -1.72. The minimum absolute atomic E-state index is 0.109. The molecule has 2 N–H and O–H groups in total. The third-order valence-corrected chi connectivity index (χ3v) is 4.18. The zero-order chi connectivity index (χ0) is 14.8. The Bertz CT molecular complexity index is 535. The molecule has 2 atom stereocenters. The smallest absolute Gasteiger partial charge is 0.292 e. The second-order valence-corrected chi connectivity index (χ2v) is 5.82. The molecule has 0 aromatic heterocycles.